The molecule has 0 N–H and O–H groups in total. The molecule has 102 valence electrons. The van der Waals surface area contributed by atoms with Gasteiger partial charge in [-0.1, -0.05) is 19.9 Å². The molecule has 0 spiro atoms. The average molecular weight is 259 g/mol. The number of amides is 1. The first-order valence-electron chi connectivity index (χ1n) is 7.13. The lowest BCUT2D eigenvalue weighted by atomic mass is 9.97. The summed E-state index contributed by atoms with van der Waals surface area (Å²) in [6.45, 7) is 7.22. The summed E-state index contributed by atoms with van der Waals surface area (Å²) in [6, 6.07) is 6.36. The Kier molecular flexibility index (Phi) is 3.09. The molecule has 1 aromatic carbocycles. The molecule has 1 amide bonds. The molecule has 0 radical (unpaired) electrons. The van der Waals surface area contributed by atoms with Crippen LogP contribution < -0.4 is 4.90 Å². The van der Waals surface area contributed by atoms with Crippen LogP contribution in [0.1, 0.15) is 43.7 Å². The Labute approximate surface area is 114 Å². The highest BCUT2D eigenvalue weighted by Gasteiger charge is 2.40. The van der Waals surface area contributed by atoms with Crippen LogP contribution in [0.3, 0.4) is 0 Å². The van der Waals surface area contributed by atoms with E-state index in [0.717, 1.165) is 18.5 Å². The zero-order chi connectivity index (χ0) is 13.6. The maximum absolute atomic E-state index is 12.3. The lowest BCUT2D eigenvalue weighted by molar-refractivity contribution is -0.133. The molecule has 3 nitrogen and oxygen atoms in total. The summed E-state index contributed by atoms with van der Waals surface area (Å²) in [7, 11) is 0. The Morgan fingerprint density at radius 1 is 1.32 bits per heavy atom. The van der Waals surface area contributed by atoms with Crippen LogP contribution in [0.15, 0.2) is 18.2 Å². The molecular formula is C16H21NO2. The van der Waals surface area contributed by atoms with Crippen LogP contribution in [0.2, 0.25) is 0 Å². The van der Waals surface area contributed by atoms with Gasteiger partial charge in [0.2, 0.25) is 0 Å². The molecule has 1 aromatic rings. The zero-order valence-electron chi connectivity index (χ0n) is 11.8. The van der Waals surface area contributed by atoms with Crippen LogP contribution in [-0.2, 0) is 9.53 Å². The summed E-state index contributed by atoms with van der Waals surface area (Å²) >= 11 is 0. The minimum atomic E-state index is -0.205. The van der Waals surface area contributed by atoms with Gasteiger partial charge in [-0.05, 0) is 48.9 Å². The van der Waals surface area contributed by atoms with Gasteiger partial charge in [0, 0.05) is 5.69 Å². The number of anilines is 1. The van der Waals surface area contributed by atoms with E-state index in [-0.39, 0.29) is 18.1 Å². The zero-order valence-corrected chi connectivity index (χ0v) is 11.8. The van der Waals surface area contributed by atoms with Gasteiger partial charge in [-0.3, -0.25) is 4.79 Å². The van der Waals surface area contributed by atoms with E-state index in [1.807, 2.05) is 4.90 Å². The third-order valence-electron chi connectivity index (χ3n) is 4.22. The van der Waals surface area contributed by atoms with E-state index < -0.39 is 0 Å². The van der Waals surface area contributed by atoms with Gasteiger partial charge < -0.3 is 9.64 Å². The third kappa shape index (κ3) is 2.16. The summed E-state index contributed by atoms with van der Waals surface area (Å²) in [5.74, 6) is 0.649. The quantitative estimate of drug-likeness (QED) is 0.817. The lowest BCUT2D eigenvalue weighted by Crippen LogP contribution is -2.47. The van der Waals surface area contributed by atoms with Crippen LogP contribution in [0.4, 0.5) is 5.69 Å². The molecule has 2 saturated heterocycles. The number of nitrogens with zero attached hydrogens (tertiary/aromatic N) is 1. The molecule has 0 aromatic heterocycles. The van der Waals surface area contributed by atoms with Gasteiger partial charge in [-0.25, -0.2) is 0 Å². The topological polar surface area (TPSA) is 29.5 Å². The van der Waals surface area contributed by atoms with Crippen LogP contribution in [0.25, 0.3) is 0 Å². The molecule has 2 unspecified atom stereocenters. The highest BCUT2D eigenvalue weighted by Crippen LogP contribution is 2.32. The summed E-state index contributed by atoms with van der Waals surface area (Å²) in [6.07, 6.45) is 1.91. The van der Waals surface area contributed by atoms with Gasteiger partial charge >= 0.3 is 0 Å². The monoisotopic (exact) mass is 259 g/mol. The van der Waals surface area contributed by atoms with E-state index in [1.165, 1.54) is 11.1 Å². The molecule has 2 atom stereocenters. The first-order valence-corrected chi connectivity index (χ1v) is 7.13. The van der Waals surface area contributed by atoms with Crippen molar-refractivity contribution in [2.24, 2.45) is 0 Å². The summed E-state index contributed by atoms with van der Waals surface area (Å²) in [5, 5.41) is 0. The van der Waals surface area contributed by atoms with Crippen molar-refractivity contribution in [2.75, 3.05) is 11.4 Å². The fraction of sp³-hybridized carbons (Fsp3) is 0.562. The number of hydrogen-bond acceptors (Lipinski definition) is 2. The van der Waals surface area contributed by atoms with E-state index in [2.05, 4.69) is 39.0 Å². The normalized spacial score (nSPS) is 26.3. The second kappa shape index (κ2) is 4.64. The Morgan fingerprint density at radius 3 is 2.79 bits per heavy atom. The van der Waals surface area contributed by atoms with Gasteiger partial charge in [-0.15, -0.1) is 0 Å². The summed E-state index contributed by atoms with van der Waals surface area (Å²) in [4.78, 5) is 14.2. The molecular weight excluding hydrogens is 238 g/mol. The molecule has 2 aliphatic rings. The van der Waals surface area contributed by atoms with Crippen LogP contribution in [0.5, 0.6) is 0 Å². The second-order valence-corrected chi connectivity index (χ2v) is 5.97. The smallest absolute Gasteiger partial charge is 0.256 e. The molecule has 19 heavy (non-hydrogen) atoms. The first-order chi connectivity index (χ1) is 9.06. The third-order valence-corrected chi connectivity index (χ3v) is 4.22. The number of aryl methyl sites for hydroxylation is 1. The largest absolute Gasteiger partial charge is 0.363 e. The molecule has 2 heterocycles. The molecule has 0 aliphatic carbocycles. The number of fused-ring (bicyclic) bond motifs is 2. The van der Waals surface area contributed by atoms with Gasteiger partial charge in [0.05, 0.1) is 12.6 Å². The Balaban J connectivity index is 1.90. The van der Waals surface area contributed by atoms with Gasteiger partial charge in [0.15, 0.2) is 0 Å². The van der Waals surface area contributed by atoms with Gasteiger partial charge in [0.1, 0.15) is 6.10 Å². The molecule has 0 saturated carbocycles. The van der Waals surface area contributed by atoms with Crippen molar-refractivity contribution >= 4 is 11.6 Å². The van der Waals surface area contributed by atoms with E-state index >= 15 is 0 Å². The molecule has 2 fully saturated rings. The van der Waals surface area contributed by atoms with Crippen LogP contribution in [0, 0.1) is 6.92 Å². The Bertz CT molecular complexity index is 509. The number of morpholine rings is 1. The predicted molar refractivity (Wildman–Crippen MR) is 75.5 cm³/mol. The Morgan fingerprint density at radius 2 is 2.11 bits per heavy atom. The molecule has 2 bridgehead atoms. The molecule has 2 aliphatic heterocycles. The number of carbonyl (C=O) groups is 1. The minimum Gasteiger partial charge on any atom is -0.363 e. The number of ether oxygens (including phenoxy) is 1. The van der Waals surface area contributed by atoms with E-state index in [1.54, 1.807) is 0 Å². The maximum atomic E-state index is 12.3. The second-order valence-electron chi connectivity index (χ2n) is 5.97. The van der Waals surface area contributed by atoms with E-state index in [0.29, 0.717) is 12.5 Å². The van der Waals surface area contributed by atoms with Crippen LogP contribution >= 0.6 is 0 Å². The molecule has 3 heteroatoms. The van der Waals surface area contributed by atoms with Crippen LogP contribution in [-0.4, -0.2) is 24.7 Å². The van der Waals surface area contributed by atoms with Crippen molar-refractivity contribution in [3.8, 4) is 0 Å². The maximum Gasteiger partial charge on any atom is 0.256 e. The van der Waals surface area contributed by atoms with Crippen molar-refractivity contribution in [1.29, 1.82) is 0 Å². The summed E-state index contributed by atoms with van der Waals surface area (Å²) < 4.78 is 5.66. The fourth-order valence-corrected chi connectivity index (χ4v) is 3.20. The highest BCUT2D eigenvalue weighted by atomic mass is 16.5. The SMILES string of the molecule is Cc1cc(N2CC3CCC(O3)C2=O)ccc1C(C)C. The highest BCUT2D eigenvalue weighted by molar-refractivity contribution is 5.97. The number of carbonyl (C=O) groups excluding carboxylic acids is 1. The predicted octanol–water partition coefficient (Wildman–Crippen LogP) is 3.01. The number of benzene rings is 1. The van der Waals surface area contributed by atoms with E-state index in [4.69, 9.17) is 4.74 Å². The first kappa shape index (κ1) is 12.7. The van der Waals surface area contributed by atoms with Crippen molar-refractivity contribution in [3.63, 3.8) is 0 Å². The minimum absolute atomic E-state index is 0.130. The van der Waals surface area contributed by atoms with Crippen molar-refractivity contribution < 1.29 is 9.53 Å². The van der Waals surface area contributed by atoms with Gasteiger partial charge in [-0.2, -0.15) is 0 Å². The number of hydrogen-bond donors (Lipinski definition) is 0. The van der Waals surface area contributed by atoms with Crippen molar-refractivity contribution in [2.45, 2.75) is 51.7 Å². The molecule has 3 rings (SSSR count). The fourth-order valence-electron chi connectivity index (χ4n) is 3.20. The number of rotatable bonds is 2. The van der Waals surface area contributed by atoms with Gasteiger partial charge in [0.25, 0.3) is 5.91 Å². The van der Waals surface area contributed by atoms with Crippen molar-refractivity contribution in [3.05, 3.63) is 29.3 Å². The Hall–Kier alpha value is -1.35. The standard InChI is InChI=1S/C16H21NO2/c1-10(2)14-6-4-12(8-11(14)3)17-9-13-5-7-15(19-13)16(17)18/h4,6,8,10,13,15H,5,7,9H2,1-3H3. The van der Waals surface area contributed by atoms with E-state index in [9.17, 15) is 4.79 Å². The lowest BCUT2D eigenvalue weighted by Gasteiger charge is -2.32. The van der Waals surface area contributed by atoms with Crippen molar-refractivity contribution in [1.82, 2.24) is 0 Å². The average Bonchev–Trinajstić information content (AvgIpc) is 2.77. The summed E-state index contributed by atoms with van der Waals surface area (Å²) in [5.41, 5.74) is 3.64.